The van der Waals surface area contributed by atoms with Gasteiger partial charge in [0.25, 0.3) is 0 Å². The highest BCUT2D eigenvalue weighted by molar-refractivity contribution is 7.89. The van der Waals surface area contributed by atoms with Crippen LogP contribution in [0.4, 0.5) is 0 Å². The van der Waals surface area contributed by atoms with E-state index in [1.807, 2.05) is 6.92 Å². The highest BCUT2D eigenvalue weighted by Gasteiger charge is 2.36. The Bertz CT molecular complexity index is 1100. The van der Waals surface area contributed by atoms with Gasteiger partial charge in [0.1, 0.15) is 0 Å². The van der Waals surface area contributed by atoms with E-state index >= 15 is 0 Å². The molecule has 2 aromatic carbocycles. The van der Waals surface area contributed by atoms with Gasteiger partial charge in [0.05, 0.1) is 4.90 Å². The summed E-state index contributed by atoms with van der Waals surface area (Å²) < 4.78 is 29.3. The fourth-order valence-corrected chi connectivity index (χ4v) is 8.65. The Kier molecular flexibility index (Phi) is 6.89. The summed E-state index contributed by atoms with van der Waals surface area (Å²) >= 11 is 0. The molecule has 2 atom stereocenters. The molecule has 2 bridgehead atoms. The van der Waals surface area contributed by atoms with Crippen molar-refractivity contribution in [2.45, 2.75) is 82.1 Å². The van der Waals surface area contributed by atoms with Crippen LogP contribution in [0, 0.1) is 12.8 Å². The summed E-state index contributed by atoms with van der Waals surface area (Å²) in [5.74, 6) is 1.57. The van der Waals surface area contributed by atoms with Crippen molar-refractivity contribution in [3.05, 3.63) is 64.7 Å². The van der Waals surface area contributed by atoms with E-state index in [9.17, 15) is 8.42 Å². The minimum atomic E-state index is -3.45. The third-order valence-electron chi connectivity index (χ3n) is 8.69. The minimum absolute atomic E-state index is 0.293. The van der Waals surface area contributed by atoms with Crippen LogP contribution in [0.1, 0.15) is 80.0 Å². The SMILES string of the molecule is Cc1cc2cc(c1S(=O)(=O)N1CCC(N3CCC(Cc4ccccc4)CC3)CC1)C(C)CC2C. The lowest BCUT2D eigenvalue weighted by Crippen LogP contribution is -2.49. The zero-order valence-electron chi connectivity index (χ0n) is 21.0. The van der Waals surface area contributed by atoms with Crippen molar-refractivity contribution in [3.8, 4) is 0 Å². The molecule has 3 aliphatic rings. The van der Waals surface area contributed by atoms with Gasteiger partial charge in [-0.25, -0.2) is 8.42 Å². The van der Waals surface area contributed by atoms with Gasteiger partial charge in [-0.3, -0.25) is 0 Å². The molecule has 2 heterocycles. The third kappa shape index (κ3) is 4.72. The highest BCUT2D eigenvalue weighted by atomic mass is 32.2. The summed E-state index contributed by atoms with van der Waals surface area (Å²) in [6.07, 6.45) is 6.61. The van der Waals surface area contributed by atoms with Gasteiger partial charge in [-0.15, -0.1) is 0 Å². The smallest absolute Gasteiger partial charge is 0.243 e. The van der Waals surface area contributed by atoms with Crippen LogP contribution >= 0.6 is 0 Å². The number of likely N-dealkylation sites (tertiary alicyclic amines) is 1. The Balaban J connectivity index is 1.20. The molecule has 2 saturated heterocycles. The van der Waals surface area contributed by atoms with Crippen molar-refractivity contribution >= 4 is 10.0 Å². The summed E-state index contributed by atoms with van der Waals surface area (Å²) in [5, 5.41) is 0. The van der Waals surface area contributed by atoms with Crippen LogP contribution < -0.4 is 0 Å². The molecule has 2 fully saturated rings. The molecule has 0 amide bonds. The predicted octanol–water partition coefficient (Wildman–Crippen LogP) is 5.71. The van der Waals surface area contributed by atoms with Gasteiger partial charge in [0.2, 0.25) is 10.0 Å². The van der Waals surface area contributed by atoms with E-state index < -0.39 is 10.0 Å². The van der Waals surface area contributed by atoms with Crippen LogP contribution in [-0.2, 0) is 16.4 Å². The maximum atomic E-state index is 13.8. The van der Waals surface area contributed by atoms with Gasteiger partial charge in [0, 0.05) is 19.1 Å². The van der Waals surface area contributed by atoms with E-state index in [0.29, 0.717) is 35.9 Å². The lowest BCUT2D eigenvalue weighted by atomic mass is 9.79. The zero-order chi connectivity index (χ0) is 23.9. The average molecular weight is 481 g/mol. The average Bonchev–Trinajstić information content (AvgIpc) is 2.84. The second kappa shape index (κ2) is 9.75. The Morgan fingerprint density at radius 2 is 1.56 bits per heavy atom. The number of benzene rings is 2. The van der Waals surface area contributed by atoms with Gasteiger partial charge >= 0.3 is 0 Å². The van der Waals surface area contributed by atoms with Crippen molar-refractivity contribution in [1.82, 2.24) is 9.21 Å². The largest absolute Gasteiger partial charge is 0.300 e. The van der Waals surface area contributed by atoms with E-state index in [1.165, 1.54) is 30.4 Å². The second-order valence-corrected chi connectivity index (χ2v) is 13.0. The fourth-order valence-electron chi connectivity index (χ4n) is 6.67. The quantitative estimate of drug-likeness (QED) is 0.550. The number of sulfonamides is 1. The molecule has 5 rings (SSSR count). The normalized spacial score (nSPS) is 25.5. The molecule has 0 N–H and O–H groups in total. The molecule has 34 heavy (non-hydrogen) atoms. The zero-order valence-corrected chi connectivity index (χ0v) is 21.9. The first-order valence-electron chi connectivity index (χ1n) is 13.3. The monoisotopic (exact) mass is 480 g/mol. The second-order valence-electron chi connectivity index (χ2n) is 11.1. The Morgan fingerprint density at radius 1 is 0.882 bits per heavy atom. The van der Waals surface area contributed by atoms with Crippen LogP contribution in [0.15, 0.2) is 47.4 Å². The lowest BCUT2D eigenvalue weighted by Gasteiger charge is -2.42. The molecule has 0 aromatic heterocycles. The van der Waals surface area contributed by atoms with Gasteiger partial charge in [0.15, 0.2) is 0 Å². The molecule has 2 aliphatic heterocycles. The molecular weight excluding hydrogens is 440 g/mol. The van der Waals surface area contributed by atoms with Gasteiger partial charge in [-0.05, 0) is 98.5 Å². The van der Waals surface area contributed by atoms with Crippen molar-refractivity contribution in [3.63, 3.8) is 0 Å². The fraction of sp³-hybridized carbons (Fsp3) is 0.586. The summed E-state index contributed by atoms with van der Waals surface area (Å²) in [5.41, 5.74) is 4.70. The molecule has 0 saturated carbocycles. The lowest BCUT2D eigenvalue weighted by molar-refractivity contribution is 0.0970. The van der Waals surface area contributed by atoms with Crippen molar-refractivity contribution in [2.75, 3.05) is 26.2 Å². The Hall–Kier alpha value is -1.69. The molecule has 5 heteroatoms. The Morgan fingerprint density at radius 3 is 2.24 bits per heavy atom. The first-order valence-corrected chi connectivity index (χ1v) is 14.7. The third-order valence-corrected chi connectivity index (χ3v) is 10.8. The van der Waals surface area contributed by atoms with Crippen molar-refractivity contribution < 1.29 is 8.42 Å². The van der Waals surface area contributed by atoms with Crippen molar-refractivity contribution in [1.29, 1.82) is 0 Å². The molecule has 0 spiro atoms. The standard InChI is InChI=1S/C29H40N2O2S/c1-21-17-22(2)28-20-26(21)18-23(3)29(28)34(32,33)31-15-11-27(12-16-31)30-13-9-25(10-14-30)19-24-7-5-4-6-8-24/h4-8,18,20-22,25,27H,9-17,19H2,1-3H3. The predicted molar refractivity (Wildman–Crippen MR) is 139 cm³/mol. The first-order chi connectivity index (χ1) is 16.3. The molecule has 1 aliphatic carbocycles. The number of hydrogen-bond donors (Lipinski definition) is 0. The first kappa shape index (κ1) is 24.0. The molecular formula is C29H40N2O2S. The summed E-state index contributed by atoms with van der Waals surface area (Å²) in [6.45, 7) is 9.99. The van der Waals surface area contributed by atoms with Gasteiger partial charge < -0.3 is 4.90 Å². The number of rotatable bonds is 5. The van der Waals surface area contributed by atoms with Crippen molar-refractivity contribution in [2.24, 2.45) is 5.92 Å². The minimum Gasteiger partial charge on any atom is -0.300 e. The van der Waals surface area contributed by atoms with E-state index in [1.54, 1.807) is 4.31 Å². The van der Waals surface area contributed by atoms with Gasteiger partial charge in [-0.2, -0.15) is 4.31 Å². The maximum absolute atomic E-state index is 13.8. The molecule has 2 aromatic rings. The number of aryl methyl sites for hydroxylation is 1. The molecule has 2 unspecified atom stereocenters. The Labute approximate surface area is 206 Å². The van der Waals surface area contributed by atoms with Crippen LogP contribution in [-0.4, -0.2) is 49.8 Å². The number of nitrogens with zero attached hydrogens (tertiary/aromatic N) is 2. The van der Waals surface area contributed by atoms with Gasteiger partial charge in [-0.1, -0.05) is 56.3 Å². The summed E-state index contributed by atoms with van der Waals surface area (Å²) in [7, 11) is -3.45. The van der Waals surface area contributed by atoms with E-state index in [2.05, 4.69) is 61.2 Å². The van der Waals surface area contributed by atoms with E-state index in [0.717, 1.165) is 49.4 Å². The van der Waals surface area contributed by atoms with Crippen LogP contribution in [0.5, 0.6) is 0 Å². The maximum Gasteiger partial charge on any atom is 0.243 e. The number of hydrogen-bond acceptors (Lipinski definition) is 3. The van der Waals surface area contributed by atoms with Crippen LogP contribution in [0.25, 0.3) is 0 Å². The van der Waals surface area contributed by atoms with E-state index in [-0.39, 0.29) is 0 Å². The highest BCUT2D eigenvalue weighted by Crippen LogP contribution is 2.42. The summed E-state index contributed by atoms with van der Waals surface area (Å²) in [6, 6.07) is 15.6. The van der Waals surface area contributed by atoms with Crippen LogP contribution in [0.2, 0.25) is 0 Å². The molecule has 4 nitrogen and oxygen atoms in total. The topological polar surface area (TPSA) is 40.6 Å². The molecule has 184 valence electrons. The number of fused-ring (bicyclic) bond motifs is 2. The van der Waals surface area contributed by atoms with Crippen LogP contribution in [0.3, 0.4) is 0 Å². The molecule has 0 radical (unpaired) electrons. The number of piperidine rings is 2. The van der Waals surface area contributed by atoms with E-state index in [4.69, 9.17) is 0 Å². The summed E-state index contributed by atoms with van der Waals surface area (Å²) in [4.78, 5) is 3.23.